The highest BCUT2D eigenvalue weighted by Gasteiger charge is 2.26. The topological polar surface area (TPSA) is 53.8 Å². The molecule has 0 aromatic heterocycles. The van der Waals surface area contributed by atoms with E-state index in [4.69, 9.17) is 0 Å². The number of azo groups is 1. The van der Waals surface area contributed by atoms with Crippen molar-refractivity contribution in [3.63, 3.8) is 0 Å². The molecule has 2 aromatic rings. The van der Waals surface area contributed by atoms with Crippen molar-refractivity contribution in [1.29, 1.82) is 0 Å². The number of hydrogen-bond donors (Lipinski definition) is 1. The summed E-state index contributed by atoms with van der Waals surface area (Å²) in [5.41, 5.74) is -1.14. The molecule has 2 aromatic carbocycles. The van der Waals surface area contributed by atoms with Gasteiger partial charge in [0, 0.05) is 6.92 Å². The van der Waals surface area contributed by atoms with Crippen LogP contribution in [0.2, 0.25) is 0 Å². The summed E-state index contributed by atoms with van der Waals surface area (Å²) in [5, 5.41) is 8.52. The molecule has 0 unspecified atom stereocenters. The Hall–Kier alpha value is -2.77. The Morgan fingerprint density at radius 3 is 1.96 bits per heavy atom. The Morgan fingerprint density at radius 1 is 0.958 bits per heavy atom. The molecule has 4 nitrogen and oxygen atoms in total. The van der Waals surface area contributed by atoms with E-state index in [0.717, 1.165) is 18.9 Å². The molecule has 0 aliphatic heterocycles. The molecular formula is C16H13F4N3O. The van der Waals surface area contributed by atoms with Crippen molar-refractivity contribution < 1.29 is 22.4 Å². The second kappa shape index (κ2) is 7.20. The molecule has 0 bridgehead atoms. The van der Waals surface area contributed by atoms with Crippen LogP contribution in [0.15, 0.2) is 34.5 Å². The quantitative estimate of drug-likeness (QED) is 0.466. The first-order chi connectivity index (χ1) is 11.3. The number of benzene rings is 2. The summed E-state index contributed by atoms with van der Waals surface area (Å²) in [7, 11) is 0. The predicted molar refractivity (Wildman–Crippen MR) is 80.6 cm³/mol. The molecule has 126 valence electrons. The zero-order valence-electron chi connectivity index (χ0n) is 12.8. The summed E-state index contributed by atoms with van der Waals surface area (Å²) in [4.78, 5) is 10.9. The molecule has 0 atom stereocenters. The van der Waals surface area contributed by atoms with Gasteiger partial charge in [0.2, 0.25) is 5.91 Å². The van der Waals surface area contributed by atoms with Gasteiger partial charge in [0.25, 0.3) is 0 Å². The minimum Gasteiger partial charge on any atom is -0.321 e. The fourth-order valence-electron chi connectivity index (χ4n) is 1.90. The Kier molecular flexibility index (Phi) is 5.28. The van der Waals surface area contributed by atoms with Crippen LogP contribution in [0.3, 0.4) is 0 Å². The molecule has 24 heavy (non-hydrogen) atoms. The lowest BCUT2D eigenvalue weighted by Crippen LogP contribution is -2.12. The van der Waals surface area contributed by atoms with Crippen molar-refractivity contribution >= 4 is 23.0 Å². The highest BCUT2D eigenvalue weighted by Crippen LogP contribution is 2.34. The van der Waals surface area contributed by atoms with Crippen molar-refractivity contribution in [2.75, 3.05) is 5.32 Å². The molecule has 0 spiro atoms. The number of hydrogen-bond acceptors (Lipinski definition) is 3. The van der Waals surface area contributed by atoms with Gasteiger partial charge in [0.05, 0.1) is 5.69 Å². The standard InChI is InChI=1S/C16H13F4N3O/c1-3-9-4-6-10(7-5-9)22-23-16-13(19)11(17)15(21-8(2)24)12(18)14(16)20/h4-7H,3H2,1-2H3,(H,21,24). The largest absolute Gasteiger partial charge is 0.321 e. The van der Waals surface area contributed by atoms with E-state index >= 15 is 0 Å². The number of nitrogens with one attached hydrogen (secondary N) is 1. The summed E-state index contributed by atoms with van der Waals surface area (Å²) < 4.78 is 55.4. The number of amides is 1. The Morgan fingerprint density at radius 2 is 1.50 bits per heavy atom. The SMILES string of the molecule is CCc1ccc(N=Nc2c(F)c(F)c(NC(C)=O)c(F)c2F)cc1. The van der Waals surface area contributed by atoms with Gasteiger partial charge in [0.1, 0.15) is 5.69 Å². The van der Waals surface area contributed by atoms with Crippen LogP contribution in [0.4, 0.5) is 34.6 Å². The van der Waals surface area contributed by atoms with Gasteiger partial charge >= 0.3 is 0 Å². The summed E-state index contributed by atoms with van der Waals surface area (Å²) >= 11 is 0. The van der Waals surface area contributed by atoms with Gasteiger partial charge in [-0.05, 0) is 24.1 Å². The molecule has 0 radical (unpaired) electrons. The first-order valence-electron chi connectivity index (χ1n) is 6.99. The maximum atomic E-state index is 13.9. The van der Waals surface area contributed by atoms with Gasteiger partial charge < -0.3 is 5.32 Å². The molecule has 2 rings (SSSR count). The summed E-state index contributed by atoms with van der Waals surface area (Å²) in [6.07, 6.45) is 0.793. The minimum absolute atomic E-state index is 0.262. The van der Waals surface area contributed by atoms with Crippen LogP contribution in [0.1, 0.15) is 19.4 Å². The van der Waals surface area contributed by atoms with Crippen LogP contribution in [0.5, 0.6) is 0 Å². The zero-order chi connectivity index (χ0) is 17.9. The minimum atomic E-state index is -1.75. The van der Waals surface area contributed by atoms with Crippen molar-refractivity contribution in [1.82, 2.24) is 0 Å². The maximum Gasteiger partial charge on any atom is 0.221 e. The van der Waals surface area contributed by atoms with Gasteiger partial charge in [0.15, 0.2) is 29.0 Å². The second-order valence-corrected chi connectivity index (χ2v) is 4.88. The molecule has 1 N–H and O–H groups in total. The molecule has 0 fully saturated rings. The first-order valence-corrected chi connectivity index (χ1v) is 6.99. The molecule has 0 saturated heterocycles. The van der Waals surface area contributed by atoms with Crippen LogP contribution in [0, 0.1) is 23.3 Å². The first kappa shape index (κ1) is 17.6. The van der Waals surface area contributed by atoms with Crippen molar-refractivity contribution in [3.8, 4) is 0 Å². The number of nitrogens with zero attached hydrogens (tertiary/aromatic N) is 2. The number of carbonyl (C=O) groups excluding carboxylic acids is 1. The zero-order valence-corrected chi connectivity index (χ0v) is 12.8. The Labute approximate surface area is 135 Å². The van der Waals surface area contributed by atoms with Crippen molar-refractivity contribution in [3.05, 3.63) is 53.1 Å². The molecule has 0 saturated carbocycles. The van der Waals surface area contributed by atoms with Crippen LogP contribution < -0.4 is 5.32 Å². The monoisotopic (exact) mass is 339 g/mol. The smallest absolute Gasteiger partial charge is 0.221 e. The maximum absolute atomic E-state index is 13.9. The lowest BCUT2D eigenvalue weighted by molar-refractivity contribution is -0.114. The normalized spacial score (nSPS) is 11.1. The van der Waals surface area contributed by atoms with Crippen LogP contribution >= 0.6 is 0 Å². The average Bonchev–Trinajstić information content (AvgIpc) is 2.57. The molecule has 8 heteroatoms. The second-order valence-electron chi connectivity index (χ2n) is 4.88. The third-order valence-electron chi connectivity index (χ3n) is 3.15. The van der Waals surface area contributed by atoms with Gasteiger partial charge in [-0.2, -0.15) is 5.11 Å². The van der Waals surface area contributed by atoms with Crippen molar-refractivity contribution in [2.45, 2.75) is 20.3 Å². The number of aryl methyl sites for hydroxylation is 1. The molecule has 1 amide bonds. The van der Waals surface area contributed by atoms with E-state index in [1.54, 1.807) is 29.6 Å². The van der Waals surface area contributed by atoms with E-state index in [2.05, 4.69) is 10.2 Å². The van der Waals surface area contributed by atoms with E-state index in [9.17, 15) is 22.4 Å². The van der Waals surface area contributed by atoms with Crippen LogP contribution in [0.25, 0.3) is 0 Å². The van der Waals surface area contributed by atoms with E-state index in [1.165, 1.54) is 0 Å². The fraction of sp³-hybridized carbons (Fsp3) is 0.188. The average molecular weight is 339 g/mol. The fourth-order valence-corrected chi connectivity index (χ4v) is 1.90. The Bertz CT molecular complexity index is 775. The van der Waals surface area contributed by atoms with E-state index in [-0.39, 0.29) is 5.69 Å². The van der Waals surface area contributed by atoms with Crippen molar-refractivity contribution in [2.24, 2.45) is 10.2 Å². The highest BCUT2D eigenvalue weighted by molar-refractivity contribution is 5.89. The summed E-state index contributed by atoms with van der Waals surface area (Å²) in [6, 6.07) is 6.58. The lowest BCUT2D eigenvalue weighted by atomic mass is 10.2. The van der Waals surface area contributed by atoms with E-state index in [1.807, 2.05) is 6.92 Å². The third kappa shape index (κ3) is 3.58. The van der Waals surface area contributed by atoms with Gasteiger partial charge in [-0.25, -0.2) is 17.6 Å². The number of carbonyl (C=O) groups is 1. The summed E-state index contributed by atoms with van der Waals surface area (Å²) in [6.45, 7) is 2.89. The number of rotatable bonds is 4. The highest BCUT2D eigenvalue weighted by atomic mass is 19.2. The lowest BCUT2D eigenvalue weighted by Gasteiger charge is -2.09. The van der Waals surface area contributed by atoms with Gasteiger partial charge in [-0.15, -0.1) is 5.11 Å². The third-order valence-corrected chi connectivity index (χ3v) is 3.15. The summed E-state index contributed by atoms with van der Waals surface area (Å²) in [5.74, 6) is -7.87. The molecule has 0 heterocycles. The van der Waals surface area contributed by atoms with Crippen LogP contribution in [-0.2, 0) is 11.2 Å². The van der Waals surface area contributed by atoms with Crippen LogP contribution in [-0.4, -0.2) is 5.91 Å². The number of halogens is 4. The molecular weight excluding hydrogens is 326 g/mol. The van der Waals surface area contributed by atoms with Gasteiger partial charge in [-0.1, -0.05) is 19.1 Å². The van der Waals surface area contributed by atoms with Gasteiger partial charge in [-0.3, -0.25) is 4.79 Å². The Balaban J connectivity index is 2.43. The number of anilines is 1. The predicted octanol–water partition coefficient (Wildman–Crippen LogP) is 5.18. The molecule has 0 aliphatic carbocycles. The molecule has 0 aliphatic rings. The van der Waals surface area contributed by atoms with E-state index in [0.29, 0.717) is 0 Å². The van der Waals surface area contributed by atoms with E-state index < -0.39 is 40.6 Å².